The van der Waals surface area contributed by atoms with Crippen LogP contribution >= 0.6 is 0 Å². The molecule has 0 spiro atoms. The summed E-state index contributed by atoms with van der Waals surface area (Å²) in [5.74, 6) is 0. The average Bonchev–Trinajstić information content (AvgIpc) is 1.98. The Morgan fingerprint density at radius 1 is 1.50 bits per heavy atom. The molecule has 0 N–H and O–H groups in total. The van der Waals surface area contributed by atoms with Gasteiger partial charge >= 0.3 is 71.7 Å². The predicted molar refractivity (Wildman–Crippen MR) is 47.3 cm³/mol. The van der Waals surface area contributed by atoms with E-state index in [1.165, 1.54) is 17.3 Å². The second kappa shape index (κ2) is 7.60. The fourth-order valence-corrected chi connectivity index (χ4v) is 5.16. The van der Waals surface area contributed by atoms with Gasteiger partial charge in [-0.3, -0.25) is 0 Å². The molecule has 0 aromatic heterocycles. The number of hydrogen-bond donors (Lipinski definition) is 0. The molecule has 0 aliphatic carbocycles. The van der Waals surface area contributed by atoms with Crippen molar-refractivity contribution in [2.75, 3.05) is 6.61 Å². The quantitative estimate of drug-likeness (QED) is 0.656. The molecular formula is C8H17OSn. The Morgan fingerprint density at radius 3 is 2.60 bits per heavy atom. The molecular weight excluding hydrogens is 231 g/mol. The number of hydrogen-bond acceptors (Lipinski definition) is 1. The molecule has 0 heterocycles. The average molecular weight is 248 g/mol. The van der Waals surface area contributed by atoms with Crippen molar-refractivity contribution < 1.29 is 3.07 Å². The summed E-state index contributed by atoms with van der Waals surface area (Å²) in [6.07, 6.45) is 2.60. The first kappa shape index (κ1) is 10.5. The molecule has 0 bridgehead atoms. The summed E-state index contributed by atoms with van der Waals surface area (Å²) < 4.78 is 8.97. The molecule has 59 valence electrons. The van der Waals surface area contributed by atoms with Gasteiger partial charge in [-0.2, -0.15) is 0 Å². The van der Waals surface area contributed by atoms with Gasteiger partial charge in [0.2, 0.25) is 0 Å². The van der Waals surface area contributed by atoms with Crippen molar-refractivity contribution in [2.45, 2.75) is 31.1 Å². The molecule has 0 aromatic carbocycles. The fourth-order valence-electron chi connectivity index (χ4n) is 0.770. The summed E-state index contributed by atoms with van der Waals surface area (Å²) in [7, 11) is 0. The standard InChI is InChI=1S/C4H9.C2H5O.C2H3.Sn/c1-3-4-2;1-2-3;1-2;/h1,3-4H2,2H3;2H2,1H3;1H,2H2;/q;-1;;+1. The van der Waals surface area contributed by atoms with Crippen LogP contribution in [0.5, 0.6) is 0 Å². The Kier molecular flexibility index (Phi) is 7.98. The molecule has 0 saturated heterocycles. The third-order valence-corrected chi connectivity index (χ3v) is 6.93. The van der Waals surface area contributed by atoms with Crippen LogP contribution < -0.4 is 0 Å². The number of rotatable bonds is 6. The van der Waals surface area contributed by atoms with E-state index >= 15 is 0 Å². The zero-order valence-electron chi connectivity index (χ0n) is 7.02. The van der Waals surface area contributed by atoms with Gasteiger partial charge in [0.05, 0.1) is 0 Å². The first-order chi connectivity index (χ1) is 4.85. The van der Waals surface area contributed by atoms with Crippen LogP contribution in [-0.2, 0) is 3.07 Å². The monoisotopic (exact) mass is 249 g/mol. The van der Waals surface area contributed by atoms with E-state index in [-0.39, 0.29) is 0 Å². The molecule has 0 amide bonds. The third kappa shape index (κ3) is 5.30. The molecule has 1 radical (unpaired) electrons. The van der Waals surface area contributed by atoms with Gasteiger partial charge < -0.3 is 0 Å². The van der Waals surface area contributed by atoms with Crippen LogP contribution in [0.25, 0.3) is 0 Å². The van der Waals surface area contributed by atoms with E-state index in [4.69, 9.17) is 3.07 Å². The summed E-state index contributed by atoms with van der Waals surface area (Å²) in [5, 5.41) is 0. The molecule has 0 rings (SSSR count). The van der Waals surface area contributed by atoms with E-state index in [0.29, 0.717) is 0 Å². The van der Waals surface area contributed by atoms with E-state index in [1.54, 1.807) is 0 Å². The Bertz CT molecular complexity index is 83.3. The van der Waals surface area contributed by atoms with Gasteiger partial charge in [0, 0.05) is 0 Å². The second-order valence-corrected chi connectivity index (χ2v) is 8.28. The zero-order chi connectivity index (χ0) is 7.82. The molecule has 0 fully saturated rings. The van der Waals surface area contributed by atoms with Crippen LogP contribution in [0.3, 0.4) is 0 Å². The summed E-state index contributed by atoms with van der Waals surface area (Å²) in [6, 6.07) is 0. The molecule has 0 aliphatic rings. The Balaban J connectivity index is 3.29. The Labute approximate surface area is 71.7 Å². The van der Waals surface area contributed by atoms with Crippen LogP contribution in [0.15, 0.2) is 10.7 Å². The van der Waals surface area contributed by atoms with Crippen LogP contribution in [-0.4, -0.2) is 26.8 Å². The fraction of sp³-hybridized carbons (Fsp3) is 0.750. The van der Waals surface area contributed by atoms with Gasteiger partial charge in [0.15, 0.2) is 0 Å². The van der Waals surface area contributed by atoms with Crippen LogP contribution in [0.1, 0.15) is 26.7 Å². The van der Waals surface area contributed by atoms with E-state index in [1.807, 2.05) is 0 Å². The second-order valence-electron chi connectivity index (χ2n) is 2.21. The summed E-state index contributed by atoms with van der Waals surface area (Å²) >= 11 is -1.49. The summed E-state index contributed by atoms with van der Waals surface area (Å²) in [4.78, 5) is 0. The number of unbranched alkanes of at least 4 members (excludes halogenated alkanes) is 1. The maximum absolute atomic E-state index is 5.57. The maximum atomic E-state index is 5.57. The van der Waals surface area contributed by atoms with Crippen LogP contribution in [0.4, 0.5) is 0 Å². The molecule has 10 heavy (non-hydrogen) atoms. The first-order valence-corrected chi connectivity index (χ1v) is 8.79. The van der Waals surface area contributed by atoms with Crippen molar-refractivity contribution in [2.24, 2.45) is 0 Å². The van der Waals surface area contributed by atoms with Crippen molar-refractivity contribution in [3.63, 3.8) is 0 Å². The van der Waals surface area contributed by atoms with Gasteiger partial charge in [0.25, 0.3) is 0 Å². The van der Waals surface area contributed by atoms with Gasteiger partial charge in [-0.15, -0.1) is 0 Å². The molecule has 1 nitrogen and oxygen atoms in total. The van der Waals surface area contributed by atoms with Crippen LogP contribution in [0.2, 0.25) is 4.44 Å². The predicted octanol–water partition coefficient (Wildman–Crippen LogP) is 2.54. The topological polar surface area (TPSA) is 9.23 Å². The normalized spacial score (nSPS) is 10.3. The van der Waals surface area contributed by atoms with Gasteiger partial charge in [0.1, 0.15) is 0 Å². The molecule has 0 saturated carbocycles. The minimum absolute atomic E-state index is 0.879. The van der Waals surface area contributed by atoms with Gasteiger partial charge in [-0.05, 0) is 0 Å². The zero-order valence-corrected chi connectivity index (χ0v) is 9.88. The summed E-state index contributed by atoms with van der Waals surface area (Å²) in [5.41, 5.74) is 0. The SMILES string of the molecule is C=[CH][Sn]([CH2]CCC)[O]CC. The molecule has 0 aliphatic heterocycles. The Hall–Kier alpha value is 0.499. The van der Waals surface area contributed by atoms with Gasteiger partial charge in [-0.25, -0.2) is 0 Å². The molecule has 0 atom stereocenters. The minimum atomic E-state index is -1.49. The summed E-state index contributed by atoms with van der Waals surface area (Å²) in [6.45, 7) is 8.96. The van der Waals surface area contributed by atoms with E-state index in [0.717, 1.165) is 6.61 Å². The molecule has 2 heteroatoms. The van der Waals surface area contributed by atoms with E-state index < -0.39 is 20.2 Å². The van der Waals surface area contributed by atoms with Crippen molar-refractivity contribution in [1.29, 1.82) is 0 Å². The van der Waals surface area contributed by atoms with E-state index in [9.17, 15) is 0 Å². The molecule has 0 aromatic rings. The van der Waals surface area contributed by atoms with Crippen molar-refractivity contribution in [1.82, 2.24) is 0 Å². The Morgan fingerprint density at radius 2 is 2.20 bits per heavy atom. The van der Waals surface area contributed by atoms with Crippen molar-refractivity contribution in [3.8, 4) is 0 Å². The third-order valence-electron chi connectivity index (χ3n) is 1.33. The van der Waals surface area contributed by atoms with Crippen molar-refractivity contribution >= 4 is 20.2 Å². The van der Waals surface area contributed by atoms with Gasteiger partial charge in [-0.1, -0.05) is 0 Å². The van der Waals surface area contributed by atoms with E-state index in [2.05, 4.69) is 24.5 Å². The molecule has 0 unspecified atom stereocenters. The van der Waals surface area contributed by atoms with Crippen LogP contribution in [0, 0.1) is 0 Å². The van der Waals surface area contributed by atoms with Crippen molar-refractivity contribution in [3.05, 3.63) is 10.7 Å². The first-order valence-electron chi connectivity index (χ1n) is 3.96.